The number of carbonyl (C=O) groups excluding carboxylic acids is 1. The number of carbonyl (C=O) groups is 1. The fourth-order valence-electron chi connectivity index (χ4n) is 2.28. The maximum atomic E-state index is 12.1. The van der Waals surface area contributed by atoms with Crippen LogP contribution in [0, 0.1) is 6.92 Å². The van der Waals surface area contributed by atoms with Crippen LogP contribution in [0.15, 0.2) is 4.60 Å². The van der Waals surface area contributed by atoms with Crippen molar-refractivity contribution in [3.05, 3.63) is 27.0 Å². The predicted molar refractivity (Wildman–Crippen MR) is 75.0 cm³/mol. The molecule has 5 heteroatoms. The fourth-order valence-corrected chi connectivity index (χ4v) is 2.93. The number of cyclic esters (lactones) is 1. The Bertz CT molecular complexity index is 514. The molecular formula is C14H18BrNO3. The zero-order valence-electron chi connectivity index (χ0n) is 11.6. The summed E-state index contributed by atoms with van der Waals surface area (Å²) in [6.45, 7) is 7.82. The summed E-state index contributed by atoms with van der Waals surface area (Å²) in [6.07, 6.45) is 1.10. The molecule has 0 saturated carbocycles. The van der Waals surface area contributed by atoms with Crippen molar-refractivity contribution in [3.8, 4) is 0 Å². The summed E-state index contributed by atoms with van der Waals surface area (Å²) in [7, 11) is 0. The molecule has 0 bridgehead atoms. The van der Waals surface area contributed by atoms with Crippen LogP contribution in [0.25, 0.3) is 0 Å². The van der Waals surface area contributed by atoms with Gasteiger partial charge in [0.1, 0.15) is 4.60 Å². The Kier molecular flexibility index (Phi) is 4.26. The van der Waals surface area contributed by atoms with E-state index in [0.29, 0.717) is 10.2 Å². The highest BCUT2D eigenvalue weighted by Crippen LogP contribution is 2.39. The number of rotatable bonds is 4. The second kappa shape index (κ2) is 5.59. The van der Waals surface area contributed by atoms with Crippen LogP contribution in [0.1, 0.15) is 60.7 Å². The first kappa shape index (κ1) is 14.5. The van der Waals surface area contributed by atoms with Crippen LogP contribution >= 0.6 is 15.9 Å². The smallest absolute Gasteiger partial charge is 0.341 e. The van der Waals surface area contributed by atoms with Gasteiger partial charge in [0.05, 0.1) is 17.2 Å². The molecule has 1 unspecified atom stereocenters. The lowest BCUT2D eigenvalue weighted by Gasteiger charge is -2.16. The Morgan fingerprint density at radius 3 is 2.74 bits per heavy atom. The second-order valence-electron chi connectivity index (χ2n) is 4.93. The molecule has 0 radical (unpaired) electrons. The lowest BCUT2D eigenvalue weighted by Crippen LogP contribution is -2.11. The molecule has 1 aromatic heterocycles. The molecule has 19 heavy (non-hydrogen) atoms. The van der Waals surface area contributed by atoms with Crippen LogP contribution < -0.4 is 0 Å². The maximum absolute atomic E-state index is 12.1. The Balaban J connectivity index is 2.54. The topological polar surface area (TPSA) is 48.4 Å². The SMILES string of the molecule is CCCc1c(C)nc(Br)c2c1C(=O)OC2OC(C)C. The quantitative estimate of drug-likeness (QED) is 0.625. The largest absolute Gasteiger partial charge is 0.427 e. The number of nitrogens with zero attached hydrogens (tertiary/aromatic N) is 1. The zero-order chi connectivity index (χ0) is 14.2. The van der Waals surface area contributed by atoms with E-state index in [9.17, 15) is 4.79 Å². The number of fused-ring (bicyclic) bond motifs is 1. The maximum Gasteiger partial charge on any atom is 0.341 e. The summed E-state index contributed by atoms with van der Waals surface area (Å²) in [6, 6.07) is 0. The molecule has 1 aliphatic heterocycles. The number of esters is 1. The molecule has 0 N–H and O–H groups in total. The van der Waals surface area contributed by atoms with Gasteiger partial charge in [-0.3, -0.25) is 0 Å². The van der Waals surface area contributed by atoms with Gasteiger partial charge in [-0.05, 0) is 48.7 Å². The van der Waals surface area contributed by atoms with Gasteiger partial charge in [-0.2, -0.15) is 0 Å². The monoisotopic (exact) mass is 327 g/mol. The van der Waals surface area contributed by atoms with E-state index in [1.807, 2.05) is 20.8 Å². The van der Waals surface area contributed by atoms with Gasteiger partial charge in [-0.1, -0.05) is 13.3 Å². The lowest BCUT2D eigenvalue weighted by atomic mass is 9.99. The first-order valence-corrected chi connectivity index (χ1v) is 7.30. The van der Waals surface area contributed by atoms with Crippen molar-refractivity contribution in [2.24, 2.45) is 0 Å². The van der Waals surface area contributed by atoms with E-state index in [2.05, 4.69) is 27.8 Å². The van der Waals surface area contributed by atoms with Gasteiger partial charge in [0.15, 0.2) is 0 Å². The van der Waals surface area contributed by atoms with Gasteiger partial charge in [0, 0.05) is 5.69 Å². The molecule has 0 aliphatic carbocycles. The Morgan fingerprint density at radius 2 is 2.16 bits per heavy atom. The van der Waals surface area contributed by atoms with Crippen molar-refractivity contribution < 1.29 is 14.3 Å². The zero-order valence-corrected chi connectivity index (χ0v) is 13.2. The Morgan fingerprint density at radius 1 is 1.47 bits per heavy atom. The van der Waals surface area contributed by atoms with E-state index in [4.69, 9.17) is 9.47 Å². The summed E-state index contributed by atoms with van der Waals surface area (Å²) in [4.78, 5) is 16.6. The highest BCUT2D eigenvalue weighted by atomic mass is 79.9. The number of halogens is 1. The van der Waals surface area contributed by atoms with Crippen LogP contribution in [0.2, 0.25) is 0 Å². The van der Waals surface area contributed by atoms with Gasteiger partial charge < -0.3 is 9.47 Å². The molecule has 1 aromatic rings. The van der Waals surface area contributed by atoms with Gasteiger partial charge in [-0.15, -0.1) is 0 Å². The molecule has 1 aliphatic rings. The molecule has 0 fully saturated rings. The van der Waals surface area contributed by atoms with Gasteiger partial charge >= 0.3 is 5.97 Å². The molecule has 0 saturated heterocycles. The van der Waals surface area contributed by atoms with Crippen LogP contribution in [-0.4, -0.2) is 17.1 Å². The third kappa shape index (κ3) is 2.67. The minimum atomic E-state index is -0.652. The van der Waals surface area contributed by atoms with Crippen molar-refractivity contribution in [1.29, 1.82) is 0 Å². The normalized spacial score (nSPS) is 17.8. The van der Waals surface area contributed by atoms with E-state index in [1.54, 1.807) is 0 Å². The highest BCUT2D eigenvalue weighted by molar-refractivity contribution is 9.10. The van der Waals surface area contributed by atoms with Crippen LogP contribution in [0.3, 0.4) is 0 Å². The number of aryl methyl sites for hydroxylation is 1. The van der Waals surface area contributed by atoms with E-state index in [1.165, 1.54) is 0 Å². The third-order valence-corrected chi connectivity index (χ3v) is 3.65. The number of ether oxygens (including phenoxy) is 2. The molecule has 104 valence electrons. The summed E-state index contributed by atoms with van der Waals surface area (Å²) in [5.41, 5.74) is 3.20. The average Bonchev–Trinajstić information content (AvgIpc) is 2.61. The highest BCUT2D eigenvalue weighted by Gasteiger charge is 2.37. The van der Waals surface area contributed by atoms with Crippen LogP contribution in [0.4, 0.5) is 0 Å². The number of hydrogen-bond acceptors (Lipinski definition) is 4. The number of hydrogen-bond donors (Lipinski definition) is 0. The van der Waals surface area contributed by atoms with Crippen molar-refractivity contribution >= 4 is 21.9 Å². The van der Waals surface area contributed by atoms with Crippen LogP contribution in [0.5, 0.6) is 0 Å². The standard InChI is InChI=1S/C14H18BrNO3/c1-5-6-9-8(4)16-12(15)11-10(9)13(17)19-14(11)18-7(2)3/h7,14H,5-6H2,1-4H3. The molecule has 0 spiro atoms. The lowest BCUT2D eigenvalue weighted by molar-refractivity contribution is -0.127. The third-order valence-electron chi connectivity index (χ3n) is 3.05. The summed E-state index contributed by atoms with van der Waals surface area (Å²) in [5.74, 6) is -0.310. The molecule has 1 atom stereocenters. The first-order chi connectivity index (χ1) is 8.95. The number of aromatic nitrogens is 1. The second-order valence-corrected chi connectivity index (χ2v) is 5.68. The van der Waals surface area contributed by atoms with Crippen molar-refractivity contribution in [2.75, 3.05) is 0 Å². The number of pyridine rings is 1. The summed E-state index contributed by atoms with van der Waals surface area (Å²) in [5, 5.41) is 0. The molecule has 2 heterocycles. The fraction of sp³-hybridized carbons (Fsp3) is 0.571. The summed E-state index contributed by atoms with van der Waals surface area (Å²) < 4.78 is 11.6. The van der Waals surface area contributed by atoms with Gasteiger partial charge in [0.25, 0.3) is 0 Å². The van der Waals surface area contributed by atoms with Gasteiger partial charge in [-0.25, -0.2) is 9.78 Å². The Hall–Kier alpha value is -0.940. The molecular weight excluding hydrogens is 310 g/mol. The molecule has 4 nitrogen and oxygen atoms in total. The van der Waals surface area contributed by atoms with E-state index in [-0.39, 0.29) is 12.1 Å². The average molecular weight is 328 g/mol. The van der Waals surface area contributed by atoms with Crippen molar-refractivity contribution in [1.82, 2.24) is 4.98 Å². The molecule has 0 aromatic carbocycles. The van der Waals surface area contributed by atoms with Crippen molar-refractivity contribution in [2.45, 2.75) is 52.9 Å². The molecule has 2 rings (SSSR count). The minimum Gasteiger partial charge on any atom is -0.427 e. The van der Waals surface area contributed by atoms with Crippen molar-refractivity contribution in [3.63, 3.8) is 0 Å². The van der Waals surface area contributed by atoms with E-state index in [0.717, 1.165) is 29.7 Å². The van der Waals surface area contributed by atoms with E-state index < -0.39 is 6.29 Å². The van der Waals surface area contributed by atoms with E-state index >= 15 is 0 Å². The first-order valence-electron chi connectivity index (χ1n) is 6.51. The minimum absolute atomic E-state index is 0.0217. The van der Waals surface area contributed by atoms with Gasteiger partial charge in [0.2, 0.25) is 6.29 Å². The van der Waals surface area contributed by atoms with Crippen LogP contribution in [-0.2, 0) is 15.9 Å². The predicted octanol–water partition coefficient (Wildman–Crippen LogP) is 3.70. The Labute approximate surface area is 121 Å². The molecule has 0 amide bonds. The summed E-state index contributed by atoms with van der Waals surface area (Å²) >= 11 is 3.42.